The number of carbonyl (C=O) groups is 1. The molecule has 2 saturated heterocycles. The standard InChI is InChI=1S/C33H34FN5O4S/c1-44(41,42)38-27-11-15-31(16-12-27)43-32-17-2-22(20-35-32)21-39-29-13-14-30(39)19-28(18-29)36-25-7-3-23(4-8-25)33(40)37-26-9-5-24(34)6-10-26/h2-12,15-17,20,28-30,36,38H,13-14,18-19,21H2,1H3,(H,37,40). The number of piperidine rings is 1. The van der Waals surface area contributed by atoms with Gasteiger partial charge in [-0.05, 0) is 104 Å². The Morgan fingerprint density at radius 3 is 2.14 bits per heavy atom. The van der Waals surface area contributed by atoms with Crippen LogP contribution in [0.2, 0.25) is 0 Å². The maximum Gasteiger partial charge on any atom is 0.255 e. The number of sulfonamides is 1. The van der Waals surface area contributed by atoms with E-state index in [1.54, 1.807) is 36.4 Å². The van der Waals surface area contributed by atoms with Crippen molar-refractivity contribution in [2.24, 2.45) is 0 Å². The number of anilines is 3. The van der Waals surface area contributed by atoms with Crippen molar-refractivity contribution in [3.05, 3.63) is 108 Å². The van der Waals surface area contributed by atoms with Gasteiger partial charge in [0.2, 0.25) is 15.9 Å². The minimum absolute atomic E-state index is 0.235. The Balaban J connectivity index is 0.992. The number of hydrogen-bond donors (Lipinski definition) is 3. The van der Waals surface area contributed by atoms with Crippen LogP contribution in [0.5, 0.6) is 11.6 Å². The summed E-state index contributed by atoms with van der Waals surface area (Å²) in [5.74, 6) is 0.465. The van der Waals surface area contributed by atoms with Crippen molar-refractivity contribution in [1.29, 1.82) is 0 Å². The normalized spacial score (nSPS) is 19.7. The van der Waals surface area contributed by atoms with E-state index in [0.717, 1.165) is 36.9 Å². The van der Waals surface area contributed by atoms with Gasteiger partial charge in [-0.3, -0.25) is 14.4 Å². The van der Waals surface area contributed by atoms with Crippen LogP contribution in [0.3, 0.4) is 0 Å². The molecule has 2 fully saturated rings. The second-order valence-corrected chi connectivity index (χ2v) is 13.2. The number of ether oxygens (including phenoxy) is 1. The Hall–Kier alpha value is -4.48. The summed E-state index contributed by atoms with van der Waals surface area (Å²) in [6.07, 6.45) is 7.39. The Bertz CT molecular complexity index is 1690. The number of aromatic nitrogens is 1. The molecule has 3 N–H and O–H groups in total. The van der Waals surface area contributed by atoms with Crippen LogP contribution >= 0.6 is 0 Å². The zero-order valence-corrected chi connectivity index (χ0v) is 25.1. The van der Waals surface area contributed by atoms with Gasteiger partial charge in [0, 0.05) is 59.6 Å². The molecule has 1 amide bonds. The smallest absolute Gasteiger partial charge is 0.255 e. The molecule has 0 spiro atoms. The van der Waals surface area contributed by atoms with E-state index in [9.17, 15) is 17.6 Å². The zero-order chi connectivity index (χ0) is 30.7. The lowest BCUT2D eigenvalue weighted by molar-refractivity contribution is 0.102. The molecule has 9 nitrogen and oxygen atoms in total. The van der Waals surface area contributed by atoms with Crippen LogP contribution in [0.15, 0.2) is 91.1 Å². The Kier molecular flexibility index (Phi) is 8.49. The molecule has 11 heteroatoms. The molecular formula is C33H34FN5O4S. The van der Waals surface area contributed by atoms with Crippen molar-refractivity contribution in [3.8, 4) is 11.6 Å². The minimum Gasteiger partial charge on any atom is -0.439 e. The number of halogens is 1. The molecule has 2 bridgehead atoms. The van der Waals surface area contributed by atoms with Gasteiger partial charge in [-0.1, -0.05) is 6.07 Å². The maximum absolute atomic E-state index is 13.1. The SMILES string of the molecule is CS(=O)(=O)Nc1ccc(Oc2ccc(CN3C4CCC3CC(Nc3ccc(C(=O)Nc5ccc(F)cc5)cc3)C4)cn2)cc1. The fourth-order valence-electron chi connectivity index (χ4n) is 6.04. The summed E-state index contributed by atoms with van der Waals surface area (Å²) in [5.41, 5.74) is 3.68. The topological polar surface area (TPSA) is 113 Å². The number of pyridine rings is 1. The second kappa shape index (κ2) is 12.6. The van der Waals surface area contributed by atoms with Gasteiger partial charge in [0.25, 0.3) is 5.91 Å². The van der Waals surface area contributed by atoms with Crippen molar-refractivity contribution in [3.63, 3.8) is 0 Å². The molecule has 1 aromatic heterocycles. The van der Waals surface area contributed by atoms with Crippen LogP contribution in [-0.2, 0) is 16.6 Å². The van der Waals surface area contributed by atoms with Crippen LogP contribution < -0.4 is 20.1 Å². The predicted molar refractivity (Wildman–Crippen MR) is 169 cm³/mol. The monoisotopic (exact) mass is 615 g/mol. The molecule has 2 atom stereocenters. The molecule has 228 valence electrons. The van der Waals surface area contributed by atoms with E-state index in [-0.39, 0.29) is 11.7 Å². The summed E-state index contributed by atoms with van der Waals surface area (Å²) in [5, 5.41) is 6.46. The van der Waals surface area contributed by atoms with Crippen molar-refractivity contribution in [2.45, 2.75) is 50.4 Å². The molecule has 0 radical (unpaired) electrons. The Labute approximate surface area is 256 Å². The summed E-state index contributed by atoms with van der Waals surface area (Å²) >= 11 is 0. The largest absolute Gasteiger partial charge is 0.439 e. The molecule has 6 rings (SSSR count). The highest BCUT2D eigenvalue weighted by Gasteiger charge is 2.40. The van der Waals surface area contributed by atoms with Gasteiger partial charge in [-0.15, -0.1) is 0 Å². The lowest BCUT2D eigenvalue weighted by Gasteiger charge is -2.39. The van der Waals surface area contributed by atoms with Gasteiger partial charge in [-0.25, -0.2) is 17.8 Å². The van der Waals surface area contributed by atoms with Gasteiger partial charge in [0.1, 0.15) is 11.6 Å². The third-order valence-electron chi connectivity index (χ3n) is 8.05. The first kappa shape index (κ1) is 29.6. The minimum atomic E-state index is -3.33. The van der Waals surface area contributed by atoms with Crippen LogP contribution in [0.4, 0.5) is 21.5 Å². The van der Waals surface area contributed by atoms with E-state index in [2.05, 4.69) is 25.2 Å². The van der Waals surface area contributed by atoms with Gasteiger partial charge in [0.15, 0.2) is 0 Å². The van der Waals surface area contributed by atoms with Gasteiger partial charge >= 0.3 is 0 Å². The first-order valence-electron chi connectivity index (χ1n) is 14.6. The number of amides is 1. The number of carbonyl (C=O) groups excluding carboxylic acids is 1. The van der Waals surface area contributed by atoms with Crippen LogP contribution in [-0.4, -0.2) is 48.6 Å². The van der Waals surface area contributed by atoms with Crippen molar-refractivity contribution < 1.29 is 22.3 Å². The Morgan fingerprint density at radius 1 is 0.886 bits per heavy atom. The highest BCUT2D eigenvalue weighted by atomic mass is 32.2. The molecule has 44 heavy (non-hydrogen) atoms. The van der Waals surface area contributed by atoms with Gasteiger partial charge < -0.3 is 15.4 Å². The van der Waals surface area contributed by atoms with E-state index in [1.807, 2.05) is 30.5 Å². The second-order valence-electron chi connectivity index (χ2n) is 11.4. The molecule has 0 saturated carbocycles. The fourth-order valence-corrected chi connectivity index (χ4v) is 6.61. The summed E-state index contributed by atoms with van der Waals surface area (Å²) in [6.45, 7) is 0.832. The molecule has 2 aliphatic heterocycles. The highest BCUT2D eigenvalue weighted by molar-refractivity contribution is 7.92. The maximum atomic E-state index is 13.1. The summed E-state index contributed by atoms with van der Waals surface area (Å²) in [4.78, 5) is 19.7. The van der Waals surface area contributed by atoms with Crippen LogP contribution in [0.1, 0.15) is 41.6 Å². The van der Waals surface area contributed by atoms with E-state index < -0.39 is 10.0 Å². The molecular weight excluding hydrogens is 581 g/mol. The number of benzene rings is 3. The first-order chi connectivity index (χ1) is 21.2. The third kappa shape index (κ3) is 7.53. The van der Waals surface area contributed by atoms with E-state index in [4.69, 9.17) is 4.74 Å². The van der Waals surface area contributed by atoms with E-state index in [1.165, 1.54) is 37.1 Å². The fraction of sp³-hybridized carbons (Fsp3) is 0.273. The molecule has 3 aromatic carbocycles. The van der Waals surface area contributed by atoms with E-state index >= 15 is 0 Å². The molecule has 2 unspecified atom stereocenters. The first-order valence-corrected chi connectivity index (χ1v) is 16.5. The molecule has 2 aliphatic rings. The quantitative estimate of drug-likeness (QED) is 0.194. The van der Waals surface area contributed by atoms with E-state index in [0.29, 0.717) is 46.7 Å². The van der Waals surface area contributed by atoms with Crippen molar-refractivity contribution >= 4 is 33.0 Å². The molecule has 0 aliphatic carbocycles. The predicted octanol–water partition coefficient (Wildman–Crippen LogP) is 6.24. The van der Waals surface area contributed by atoms with Gasteiger partial charge in [-0.2, -0.15) is 0 Å². The average molecular weight is 616 g/mol. The number of rotatable bonds is 10. The molecule has 4 aromatic rings. The number of nitrogens with zero attached hydrogens (tertiary/aromatic N) is 2. The lowest BCUT2D eigenvalue weighted by atomic mass is 9.96. The Morgan fingerprint density at radius 2 is 1.52 bits per heavy atom. The summed E-state index contributed by atoms with van der Waals surface area (Å²) in [7, 11) is -3.33. The number of hydrogen-bond acceptors (Lipinski definition) is 7. The third-order valence-corrected chi connectivity index (χ3v) is 8.65. The highest BCUT2D eigenvalue weighted by Crippen LogP contribution is 2.38. The summed E-state index contributed by atoms with van der Waals surface area (Å²) < 4.78 is 44.2. The number of nitrogens with one attached hydrogen (secondary N) is 3. The summed E-state index contributed by atoms with van der Waals surface area (Å²) in [6, 6.07) is 25.1. The zero-order valence-electron chi connectivity index (χ0n) is 24.2. The van der Waals surface area contributed by atoms with Crippen molar-refractivity contribution in [1.82, 2.24) is 9.88 Å². The average Bonchev–Trinajstić information content (AvgIpc) is 3.22. The van der Waals surface area contributed by atoms with Crippen molar-refractivity contribution in [2.75, 3.05) is 21.6 Å². The number of fused-ring (bicyclic) bond motifs is 2. The lowest BCUT2D eigenvalue weighted by Crippen LogP contribution is -2.46. The van der Waals surface area contributed by atoms with Crippen LogP contribution in [0.25, 0.3) is 0 Å². The van der Waals surface area contributed by atoms with Crippen LogP contribution in [0, 0.1) is 5.82 Å². The molecule has 3 heterocycles. The van der Waals surface area contributed by atoms with Gasteiger partial charge in [0.05, 0.1) is 6.26 Å².